The van der Waals surface area contributed by atoms with Crippen molar-refractivity contribution in [3.8, 4) is 0 Å². The summed E-state index contributed by atoms with van der Waals surface area (Å²) in [5.41, 5.74) is 1.13. The average molecular weight is 343 g/mol. The summed E-state index contributed by atoms with van der Waals surface area (Å²) in [5.74, 6) is -1.15. The summed E-state index contributed by atoms with van der Waals surface area (Å²) in [5, 5.41) is 0. The van der Waals surface area contributed by atoms with Gasteiger partial charge in [-0.15, -0.1) is 0 Å². The first-order valence-corrected chi connectivity index (χ1v) is 8.63. The van der Waals surface area contributed by atoms with Gasteiger partial charge in [0.2, 0.25) is 0 Å². The maximum absolute atomic E-state index is 14.2. The monoisotopic (exact) mass is 343 g/mol. The van der Waals surface area contributed by atoms with E-state index in [1.165, 1.54) is 11.0 Å². The number of halogens is 1. The minimum absolute atomic E-state index is 0.00658. The number of benzene rings is 2. The predicted molar refractivity (Wildman–Crippen MR) is 100 cm³/mol. The highest BCUT2D eigenvalue weighted by atomic mass is 19.1. The zero-order valence-electron chi connectivity index (χ0n) is 15.5. The van der Waals surface area contributed by atoms with Gasteiger partial charge < -0.3 is 0 Å². The highest BCUT2D eigenvalue weighted by Gasteiger charge is 2.29. The molecule has 1 atom stereocenters. The van der Waals surface area contributed by atoms with Crippen LogP contribution in [0.1, 0.15) is 50.0 Å². The molecule has 1 unspecified atom stereocenters. The van der Waals surface area contributed by atoms with Gasteiger partial charge in [-0.2, -0.15) is 0 Å². The Bertz CT molecular complexity index is 693. The Balaban J connectivity index is 0.00000151. The first-order valence-electron chi connectivity index (χ1n) is 8.63. The molecule has 2 aromatic carbocycles. The summed E-state index contributed by atoms with van der Waals surface area (Å²) in [6.07, 6.45) is 0.314. The van der Waals surface area contributed by atoms with E-state index in [0.29, 0.717) is 17.7 Å². The molecule has 2 aromatic rings. The molecule has 0 saturated heterocycles. The normalized spacial score (nSPS) is 11.1. The summed E-state index contributed by atoms with van der Waals surface area (Å²) in [6, 6.07) is 12.7. The fourth-order valence-electron chi connectivity index (χ4n) is 2.57. The molecule has 0 aliphatic rings. The van der Waals surface area contributed by atoms with Gasteiger partial charge in [0.1, 0.15) is 5.82 Å². The van der Waals surface area contributed by atoms with Crippen molar-refractivity contribution in [1.29, 1.82) is 0 Å². The maximum atomic E-state index is 14.2. The molecule has 0 saturated carbocycles. The second-order valence-corrected chi connectivity index (χ2v) is 5.44. The highest BCUT2D eigenvalue weighted by Crippen LogP contribution is 2.23. The highest BCUT2D eigenvalue weighted by molar-refractivity contribution is 6.10. The SMILES string of the molecule is CC.CCC(=O)C(C)N(C(=O)c1c(C)cccc1F)c1ccccc1. The van der Waals surface area contributed by atoms with Gasteiger partial charge in [-0.3, -0.25) is 14.5 Å². The number of carbonyl (C=O) groups is 2. The zero-order valence-corrected chi connectivity index (χ0v) is 15.5. The van der Waals surface area contributed by atoms with Gasteiger partial charge in [-0.25, -0.2) is 4.39 Å². The van der Waals surface area contributed by atoms with Crippen molar-refractivity contribution < 1.29 is 14.0 Å². The molecule has 1 amide bonds. The van der Waals surface area contributed by atoms with Crippen molar-refractivity contribution in [2.45, 2.75) is 47.1 Å². The van der Waals surface area contributed by atoms with Crippen molar-refractivity contribution >= 4 is 17.4 Å². The Morgan fingerprint density at radius 2 is 1.64 bits per heavy atom. The lowest BCUT2D eigenvalue weighted by atomic mass is 10.0. The number of rotatable bonds is 5. The number of anilines is 1. The van der Waals surface area contributed by atoms with Crippen LogP contribution < -0.4 is 4.90 Å². The largest absolute Gasteiger partial charge is 0.298 e. The van der Waals surface area contributed by atoms with E-state index in [0.717, 1.165) is 0 Å². The molecule has 0 aliphatic heterocycles. The van der Waals surface area contributed by atoms with Crippen LogP contribution in [-0.4, -0.2) is 17.7 Å². The number of aryl methyl sites for hydroxylation is 1. The summed E-state index contributed by atoms with van der Waals surface area (Å²) < 4.78 is 14.2. The van der Waals surface area contributed by atoms with Gasteiger partial charge in [-0.1, -0.05) is 51.1 Å². The average Bonchev–Trinajstić information content (AvgIpc) is 2.63. The standard InChI is InChI=1S/C19H20FNO2.C2H6/c1-4-17(22)14(3)21(15-10-6-5-7-11-15)19(23)18-13(2)9-8-12-16(18)20;1-2/h5-12,14H,4H2,1-3H3;1-2H3. The number of hydrogen-bond acceptors (Lipinski definition) is 2. The van der Waals surface area contributed by atoms with E-state index in [9.17, 15) is 14.0 Å². The van der Waals surface area contributed by atoms with Gasteiger partial charge >= 0.3 is 0 Å². The van der Waals surface area contributed by atoms with Crippen LogP contribution >= 0.6 is 0 Å². The predicted octanol–water partition coefficient (Wildman–Crippen LogP) is 5.17. The molecular weight excluding hydrogens is 317 g/mol. The van der Waals surface area contributed by atoms with Gasteiger partial charge in [0.05, 0.1) is 11.6 Å². The Morgan fingerprint density at radius 1 is 1.04 bits per heavy atom. The molecule has 0 radical (unpaired) electrons. The van der Waals surface area contributed by atoms with E-state index in [2.05, 4.69) is 0 Å². The Hall–Kier alpha value is -2.49. The summed E-state index contributed by atoms with van der Waals surface area (Å²) in [7, 11) is 0. The molecule has 2 rings (SSSR count). The summed E-state index contributed by atoms with van der Waals surface area (Å²) >= 11 is 0. The van der Waals surface area contributed by atoms with Crippen LogP contribution in [0.2, 0.25) is 0 Å². The van der Waals surface area contributed by atoms with Gasteiger partial charge in [0.25, 0.3) is 5.91 Å². The third-order valence-corrected chi connectivity index (χ3v) is 3.89. The lowest BCUT2D eigenvalue weighted by molar-refractivity contribution is -0.119. The van der Waals surface area contributed by atoms with E-state index < -0.39 is 17.8 Å². The van der Waals surface area contributed by atoms with E-state index in [1.807, 2.05) is 19.9 Å². The Morgan fingerprint density at radius 3 is 2.16 bits per heavy atom. The first-order chi connectivity index (χ1) is 12.0. The van der Waals surface area contributed by atoms with Crippen LogP contribution in [0, 0.1) is 12.7 Å². The van der Waals surface area contributed by atoms with E-state index in [-0.39, 0.29) is 11.3 Å². The minimum atomic E-state index is -0.658. The molecule has 134 valence electrons. The summed E-state index contributed by atoms with van der Waals surface area (Å²) in [6.45, 7) is 9.11. The number of ketones is 1. The first kappa shape index (κ1) is 20.6. The van der Waals surface area contributed by atoms with Crippen molar-refractivity contribution in [3.05, 3.63) is 65.5 Å². The Labute approximate surface area is 149 Å². The van der Waals surface area contributed by atoms with Crippen LogP contribution in [0.15, 0.2) is 48.5 Å². The fraction of sp³-hybridized carbons (Fsp3) is 0.333. The third-order valence-electron chi connectivity index (χ3n) is 3.89. The molecule has 0 heterocycles. The number of hydrogen-bond donors (Lipinski definition) is 0. The smallest absolute Gasteiger partial charge is 0.262 e. The second kappa shape index (κ2) is 9.72. The van der Waals surface area contributed by atoms with Gasteiger partial charge in [0, 0.05) is 12.1 Å². The van der Waals surface area contributed by atoms with Crippen molar-refractivity contribution in [2.24, 2.45) is 0 Å². The number of amides is 1. The lowest BCUT2D eigenvalue weighted by Gasteiger charge is -2.29. The number of carbonyl (C=O) groups excluding carboxylic acids is 2. The van der Waals surface area contributed by atoms with Crippen molar-refractivity contribution in [2.75, 3.05) is 4.90 Å². The minimum Gasteiger partial charge on any atom is -0.298 e. The molecule has 0 aromatic heterocycles. The fourth-order valence-corrected chi connectivity index (χ4v) is 2.57. The molecular formula is C21H26FNO2. The summed E-state index contributed by atoms with van der Waals surface area (Å²) in [4.78, 5) is 26.5. The molecule has 0 N–H and O–H groups in total. The molecule has 0 fully saturated rings. The maximum Gasteiger partial charge on any atom is 0.262 e. The molecule has 0 aliphatic carbocycles. The molecule has 0 bridgehead atoms. The van der Waals surface area contributed by atoms with Crippen molar-refractivity contribution in [1.82, 2.24) is 0 Å². The third kappa shape index (κ3) is 4.75. The molecule has 3 nitrogen and oxygen atoms in total. The zero-order chi connectivity index (χ0) is 19.0. The number of para-hydroxylation sites is 1. The van der Waals surface area contributed by atoms with Crippen LogP contribution in [0.25, 0.3) is 0 Å². The number of nitrogens with zero attached hydrogens (tertiary/aromatic N) is 1. The van der Waals surface area contributed by atoms with Crippen LogP contribution in [0.5, 0.6) is 0 Å². The van der Waals surface area contributed by atoms with E-state index in [1.54, 1.807) is 57.2 Å². The van der Waals surface area contributed by atoms with Crippen LogP contribution in [0.4, 0.5) is 10.1 Å². The quantitative estimate of drug-likeness (QED) is 0.750. The van der Waals surface area contributed by atoms with Crippen LogP contribution in [0.3, 0.4) is 0 Å². The Kier molecular flexibility index (Phi) is 7.99. The van der Waals surface area contributed by atoms with Crippen molar-refractivity contribution in [3.63, 3.8) is 0 Å². The second-order valence-electron chi connectivity index (χ2n) is 5.44. The molecule has 4 heteroatoms. The topological polar surface area (TPSA) is 37.4 Å². The lowest BCUT2D eigenvalue weighted by Crippen LogP contribution is -2.44. The van der Waals surface area contributed by atoms with Gasteiger partial charge in [-0.05, 0) is 37.6 Å². The van der Waals surface area contributed by atoms with E-state index >= 15 is 0 Å². The number of Topliss-reactive ketones (excluding diaryl/α,β-unsaturated/α-hetero) is 1. The van der Waals surface area contributed by atoms with Gasteiger partial charge in [0.15, 0.2) is 5.78 Å². The molecule has 0 spiro atoms. The molecule has 25 heavy (non-hydrogen) atoms. The van der Waals surface area contributed by atoms with Crippen LogP contribution in [-0.2, 0) is 4.79 Å². The van der Waals surface area contributed by atoms with E-state index in [4.69, 9.17) is 0 Å².